The van der Waals surface area contributed by atoms with Crippen molar-refractivity contribution in [3.8, 4) is 0 Å². The van der Waals surface area contributed by atoms with Gasteiger partial charge in [-0.3, -0.25) is 5.41 Å². The van der Waals surface area contributed by atoms with E-state index in [0.29, 0.717) is 11.9 Å². The van der Waals surface area contributed by atoms with Gasteiger partial charge in [-0.2, -0.15) is 0 Å². The molecule has 0 aromatic heterocycles. The van der Waals surface area contributed by atoms with Crippen LogP contribution in [-0.4, -0.2) is 37.0 Å². The summed E-state index contributed by atoms with van der Waals surface area (Å²) in [5.74, 6) is 0.691. The molecule has 1 fully saturated rings. The maximum absolute atomic E-state index is 8.04. The van der Waals surface area contributed by atoms with Crippen molar-refractivity contribution in [3.63, 3.8) is 0 Å². The lowest BCUT2D eigenvalue weighted by Gasteiger charge is -2.33. The van der Waals surface area contributed by atoms with E-state index < -0.39 is 0 Å². The predicted octanol–water partition coefficient (Wildman–Crippen LogP) is 2.51. The zero-order valence-electron chi connectivity index (χ0n) is 10.5. The second kappa shape index (κ2) is 4.97. The molecule has 1 saturated heterocycles. The maximum atomic E-state index is 8.04. The summed E-state index contributed by atoms with van der Waals surface area (Å²) in [6, 6.07) is 0. The van der Waals surface area contributed by atoms with Crippen LogP contribution in [0.2, 0.25) is 0 Å². The van der Waals surface area contributed by atoms with Gasteiger partial charge in [0, 0.05) is 25.6 Å². The number of likely N-dealkylation sites (N-methyl/N-ethyl adjacent to an activating group) is 1. The first-order valence-electron chi connectivity index (χ1n) is 5.83. The quantitative estimate of drug-likeness (QED) is 0.564. The largest absolute Gasteiger partial charge is 0.376 e. The third kappa shape index (κ3) is 3.82. The molecule has 0 bridgehead atoms. The SMILES string of the molecule is CN(CC1CCCCO1)C(=N)C(C)(C)C. The molecule has 0 saturated carbocycles. The fourth-order valence-corrected chi connectivity index (χ4v) is 1.92. The number of ether oxygens (including phenoxy) is 1. The second-order valence-corrected chi connectivity index (χ2v) is 5.47. The zero-order valence-corrected chi connectivity index (χ0v) is 10.5. The van der Waals surface area contributed by atoms with E-state index in [1.807, 2.05) is 11.9 Å². The lowest BCUT2D eigenvalue weighted by molar-refractivity contribution is 0.00623. The van der Waals surface area contributed by atoms with E-state index in [2.05, 4.69) is 20.8 Å². The molecule has 3 heteroatoms. The Kier molecular flexibility index (Phi) is 4.14. The normalized spacial score (nSPS) is 22.5. The van der Waals surface area contributed by atoms with E-state index in [-0.39, 0.29) is 5.41 Å². The van der Waals surface area contributed by atoms with Gasteiger partial charge in [-0.25, -0.2) is 0 Å². The maximum Gasteiger partial charge on any atom is 0.101 e. The summed E-state index contributed by atoms with van der Waals surface area (Å²) in [5, 5.41) is 8.04. The van der Waals surface area contributed by atoms with Gasteiger partial charge in [0.05, 0.1) is 6.10 Å². The average Bonchev–Trinajstić information content (AvgIpc) is 2.16. The Bertz CT molecular complexity index is 214. The first-order valence-corrected chi connectivity index (χ1v) is 5.83. The Balaban J connectivity index is 2.40. The van der Waals surface area contributed by atoms with Crippen molar-refractivity contribution in [1.82, 2.24) is 4.90 Å². The van der Waals surface area contributed by atoms with Crippen LogP contribution in [0.1, 0.15) is 40.0 Å². The standard InChI is InChI=1S/C12H24N2O/c1-12(2,3)11(13)14(4)9-10-7-5-6-8-15-10/h10,13H,5-9H2,1-4H3. The van der Waals surface area contributed by atoms with Crippen molar-refractivity contribution in [2.75, 3.05) is 20.2 Å². The molecule has 1 atom stereocenters. The predicted molar refractivity (Wildman–Crippen MR) is 63.4 cm³/mol. The van der Waals surface area contributed by atoms with Crippen molar-refractivity contribution in [2.45, 2.75) is 46.1 Å². The van der Waals surface area contributed by atoms with Crippen LogP contribution in [0, 0.1) is 10.8 Å². The highest BCUT2D eigenvalue weighted by Gasteiger charge is 2.23. The Morgan fingerprint density at radius 3 is 2.53 bits per heavy atom. The van der Waals surface area contributed by atoms with Gasteiger partial charge in [0.15, 0.2) is 0 Å². The topological polar surface area (TPSA) is 36.3 Å². The first kappa shape index (κ1) is 12.5. The molecule has 0 aliphatic carbocycles. The van der Waals surface area contributed by atoms with E-state index in [4.69, 9.17) is 10.1 Å². The van der Waals surface area contributed by atoms with Crippen molar-refractivity contribution in [1.29, 1.82) is 5.41 Å². The van der Waals surface area contributed by atoms with Crippen LogP contribution in [0.3, 0.4) is 0 Å². The van der Waals surface area contributed by atoms with E-state index >= 15 is 0 Å². The molecule has 1 aliphatic rings. The smallest absolute Gasteiger partial charge is 0.101 e. The van der Waals surface area contributed by atoms with Crippen LogP contribution in [0.25, 0.3) is 0 Å². The first-order chi connectivity index (χ1) is 6.91. The number of rotatable bonds is 2. The molecule has 0 aromatic rings. The molecule has 1 unspecified atom stereocenters. The highest BCUT2D eigenvalue weighted by molar-refractivity contribution is 5.84. The average molecular weight is 212 g/mol. The van der Waals surface area contributed by atoms with Crippen LogP contribution < -0.4 is 0 Å². The Morgan fingerprint density at radius 2 is 2.07 bits per heavy atom. The summed E-state index contributed by atoms with van der Waals surface area (Å²) in [5.41, 5.74) is -0.0661. The van der Waals surface area contributed by atoms with E-state index in [0.717, 1.165) is 19.6 Å². The van der Waals surface area contributed by atoms with Crippen LogP contribution in [0.5, 0.6) is 0 Å². The number of amidine groups is 1. The fraction of sp³-hybridized carbons (Fsp3) is 0.917. The molecule has 1 N–H and O–H groups in total. The zero-order chi connectivity index (χ0) is 11.5. The number of nitrogens with zero attached hydrogens (tertiary/aromatic N) is 1. The Hall–Kier alpha value is -0.570. The molecule has 0 spiro atoms. The third-order valence-corrected chi connectivity index (χ3v) is 2.84. The number of nitrogens with one attached hydrogen (secondary N) is 1. The van der Waals surface area contributed by atoms with Gasteiger partial charge >= 0.3 is 0 Å². The fourth-order valence-electron chi connectivity index (χ4n) is 1.92. The minimum atomic E-state index is -0.0661. The highest BCUT2D eigenvalue weighted by atomic mass is 16.5. The summed E-state index contributed by atoms with van der Waals surface area (Å²) in [7, 11) is 1.99. The molecule has 1 heterocycles. The molecule has 88 valence electrons. The van der Waals surface area contributed by atoms with Gasteiger partial charge in [0.2, 0.25) is 0 Å². The Morgan fingerprint density at radius 1 is 1.40 bits per heavy atom. The minimum absolute atomic E-state index is 0.0661. The molecular weight excluding hydrogens is 188 g/mol. The lowest BCUT2D eigenvalue weighted by Crippen LogP contribution is -2.41. The third-order valence-electron chi connectivity index (χ3n) is 2.84. The van der Waals surface area contributed by atoms with Gasteiger partial charge in [0.25, 0.3) is 0 Å². The molecule has 1 aliphatic heterocycles. The van der Waals surface area contributed by atoms with Gasteiger partial charge in [-0.15, -0.1) is 0 Å². The second-order valence-electron chi connectivity index (χ2n) is 5.47. The van der Waals surface area contributed by atoms with Gasteiger partial charge in [0.1, 0.15) is 5.84 Å². The molecule has 1 rings (SSSR count). The highest BCUT2D eigenvalue weighted by Crippen LogP contribution is 2.19. The van der Waals surface area contributed by atoms with Crippen LogP contribution in [-0.2, 0) is 4.74 Å². The minimum Gasteiger partial charge on any atom is -0.376 e. The van der Waals surface area contributed by atoms with Crippen molar-refractivity contribution < 1.29 is 4.74 Å². The number of hydrogen-bond donors (Lipinski definition) is 1. The molecule has 0 radical (unpaired) electrons. The molecular formula is C12H24N2O. The van der Waals surface area contributed by atoms with Crippen molar-refractivity contribution in [2.24, 2.45) is 5.41 Å². The number of hydrogen-bond acceptors (Lipinski definition) is 2. The summed E-state index contributed by atoms with van der Waals surface area (Å²) in [6.07, 6.45) is 3.92. The van der Waals surface area contributed by atoms with E-state index in [1.165, 1.54) is 12.8 Å². The van der Waals surface area contributed by atoms with Crippen LogP contribution >= 0.6 is 0 Å². The summed E-state index contributed by atoms with van der Waals surface area (Å²) in [4.78, 5) is 2.02. The molecule has 0 amide bonds. The molecule has 15 heavy (non-hydrogen) atoms. The van der Waals surface area contributed by atoms with Crippen molar-refractivity contribution >= 4 is 5.84 Å². The van der Waals surface area contributed by atoms with Crippen LogP contribution in [0.4, 0.5) is 0 Å². The summed E-state index contributed by atoms with van der Waals surface area (Å²) >= 11 is 0. The van der Waals surface area contributed by atoms with E-state index in [1.54, 1.807) is 0 Å². The van der Waals surface area contributed by atoms with Gasteiger partial charge < -0.3 is 9.64 Å². The lowest BCUT2D eigenvalue weighted by atomic mass is 9.94. The monoisotopic (exact) mass is 212 g/mol. The molecule has 0 aromatic carbocycles. The van der Waals surface area contributed by atoms with E-state index in [9.17, 15) is 0 Å². The van der Waals surface area contributed by atoms with Crippen molar-refractivity contribution in [3.05, 3.63) is 0 Å². The molecule has 3 nitrogen and oxygen atoms in total. The summed E-state index contributed by atoms with van der Waals surface area (Å²) in [6.45, 7) is 7.98. The van der Waals surface area contributed by atoms with Gasteiger partial charge in [-0.05, 0) is 19.3 Å². The Labute approximate surface area is 93.3 Å². The van der Waals surface area contributed by atoms with Gasteiger partial charge in [-0.1, -0.05) is 20.8 Å². The summed E-state index contributed by atoms with van der Waals surface area (Å²) < 4.78 is 5.67. The van der Waals surface area contributed by atoms with Crippen LogP contribution in [0.15, 0.2) is 0 Å².